The van der Waals surface area contributed by atoms with Gasteiger partial charge in [-0.1, -0.05) is 34.1 Å². The Bertz CT molecular complexity index is 1460. The van der Waals surface area contributed by atoms with Crippen molar-refractivity contribution < 1.29 is 28.9 Å². The summed E-state index contributed by atoms with van der Waals surface area (Å²) < 4.78 is 11.9. The smallest absolute Gasteiger partial charge is 0.318 e. The van der Waals surface area contributed by atoms with E-state index in [2.05, 4.69) is 15.9 Å². The number of carbonyl (C=O) groups is 2. The summed E-state index contributed by atoms with van der Waals surface area (Å²) in [6.07, 6.45) is 1.53. The molecular formula is C24H16BrN3O8S. The van der Waals surface area contributed by atoms with Gasteiger partial charge in [0, 0.05) is 10.5 Å². The molecule has 1 aliphatic rings. The number of nitrogens with zero attached hydrogens (tertiary/aromatic N) is 3. The van der Waals surface area contributed by atoms with Crippen LogP contribution in [-0.2, 0) is 11.3 Å². The van der Waals surface area contributed by atoms with Crippen molar-refractivity contribution in [1.82, 2.24) is 4.90 Å². The normalized spacial score (nSPS) is 14.2. The van der Waals surface area contributed by atoms with Gasteiger partial charge in [-0.15, -0.1) is 0 Å². The van der Waals surface area contributed by atoms with Crippen molar-refractivity contribution in [1.29, 1.82) is 0 Å². The molecule has 1 saturated heterocycles. The van der Waals surface area contributed by atoms with Crippen LogP contribution in [0.2, 0.25) is 0 Å². The Morgan fingerprint density at radius 2 is 1.65 bits per heavy atom. The van der Waals surface area contributed by atoms with Crippen LogP contribution in [0.4, 0.5) is 16.2 Å². The molecule has 0 atom stereocenters. The van der Waals surface area contributed by atoms with Crippen LogP contribution in [0.15, 0.2) is 70.0 Å². The third-order valence-electron chi connectivity index (χ3n) is 5.18. The second-order valence-corrected chi connectivity index (χ2v) is 9.48. The maximum Gasteiger partial charge on any atom is 0.318 e. The number of imide groups is 1. The Balaban J connectivity index is 1.57. The first kappa shape index (κ1) is 25.9. The predicted octanol–water partition coefficient (Wildman–Crippen LogP) is 6.30. The molecule has 1 fully saturated rings. The van der Waals surface area contributed by atoms with E-state index in [1.807, 2.05) is 24.3 Å². The van der Waals surface area contributed by atoms with Crippen LogP contribution in [0, 0.1) is 20.2 Å². The lowest BCUT2D eigenvalue weighted by molar-refractivity contribution is -0.394. The molecule has 0 aliphatic carbocycles. The fourth-order valence-corrected chi connectivity index (χ4v) is 4.49. The first-order chi connectivity index (χ1) is 17.7. The maximum atomic E-state index is 12.9. The van der Waals surface area contributed by atoms with E-state index in [0.29, 0.717) is 5.56 Å². The SMILES string of the molecule is COc1cc(/C=C2/SC(=O)N(Cc3ccc(Br)cc3)C2=O)ccc1Oc1ccc([N+](=O)[O-])cc1[N+](=O)[O-]. The number of carbonyl (C=O) groups excluding carboxylic acids is 2. The Kier molecular flexibility index (Phi) is 7.55. The van der Waals surface area contributed by atoms with Crippen molar-refractivity contribution in [3.8, 4) is 17.2 Å². The summed E-state index contributed by atoms with van der Waals surface area (Å²) in [6.45, 7) is 0.138. The van der Waals surface area contributed by atoms with Gasteiger partial charge in [-0.3, -0.25) is 34.7 Å². The van der Waals surface area contributed by atoms with Gasteiger partial charge in [0.15, 0.2) is 11.5 Å². The summed E-state index contributed by atoms with van der Waals surface area (Å²) in [5.41, 5.74) is 0.294. The zero-order valence-corrected chi connectivity index (χ0v) is 21.4. The number of halogens is 1. The van der Waals surface area contributed by atoms with Gasteiger partial charge in [0.25, 0.3) is 16.8 Å². The van der Waals surface area contributed by atoms with E-state index < -0.39 is 32.4 Å². The third kappa shape index (κ3) is 5.78. The van der Waals surface area contributed by atoms with Crippen molar-refractivity contribution in [2.75, 3.05) is 7.11 Å². The van der Waals surface area contributed by atoms with E-state index in [9.17, 15) is 29.8 Å². The van der Waals surface area contributed by atoms with Crippen LogP contribution in [0.25, 0.3) is 6.08 Å². The molecule has 13 heteroatoms. The van der Waals surface area contributed by atoms with Crippen molar-refractivity contribution in [3.05, 3.63) is 101 Å². The molecule has 2 amide bonds. The molecule has 4 rings (SSSR count). The molecule has 11 nitrogen and oxygen atoms in total. The predicted molar refractivity (Wildman–Crippen MR) is 138 cm³/mol. The Labute approximate surface area is 222 Å². The summed E-state index contributed by atoms with van der Waals surface area (Å²) in [6, 6.07) is 14.9. The van der Waals surface area contributed by atoms with Crippen LogP contribution in [0.3, 0.4) is 0 Å². The summed E-state index contributed by atoms with van der Waals surface area (Å²) in [5.74, 6) is -0.343. The van der Waals surface area contributed by atoms with Crippen LogP contribution < -0.4 is 9.47 Å². The topological polar surface area (TPSA) is 142 Å². The molecule has 3 aromatic carbocycles. The largest absolute Gasteiger partial charge is 0.493 e. The van der Waals surface area contributed by atoms with Gasteiger partial charge in [-0.05, 0) is 59.3 Å². The van der Waals surface area contributed by atoms with Crippen LogP contribution in [0.5, 0.6) is 17.2 Å². The summed E-state index contributed by atoms with van der Waals surface area (Å²) in [7, 11) is 1.36. The summed E-state index contributed by atoms with van der Waals surface area (Å²) in [4.78, 5) is 47.5. The molecule has 3 aromatic rings. The average Bonchev–Trinajstić information content (AvgIpc) is 3.13. The third-order valence-corrected chi connectivity index (χ3v) is 6.62. The highest BCUT2D eigenvalue weighted by Gasteiger charge is 2.35. The molecular weight excluding hydrogens is 570 g/mol. The number of nitro benzene ring substituents is 2. The van der Waals surface area contributed by atoms with E-state index in [1.54, 1.807) is 6.07 Å². The number of thioether (sulfide) groups is 1. The maximum absolute atomic E-state index is 12.9. The molecule has 37 heavy (non-hydrogen) atoms. The van der Waals surface area contributed by atoms with Crippen molar-refractivity contribution in [2.24, 2.45) is 0 Å². The van der Waals surface area contributed by atoms with E-state index in [4.69, 9.17) is 9.47 Å². The molecule has 1 aliphatic heterocycles. The lowest BCUT2D eigenvalue weighted by Crippen LogP contribution is -2.27. The number of hydrogen-bond donors (Lipinski definition) is 0. The zero-order valence-electron chi connectivity index (χ0n) is 19.0. The zero-order chi connectivity index (χ0) is 26.7. The number of hydrogen-bond acceptors (Lipinski definition) is 9. The number of methoxy groups -OCH3 is 1. The van der Waals surface area contributed by atoms with Crippen LogP contribution in [-0.4, -0.2) is 33.0 Å². The van der Waals surface area contributed by atoms with Gasteiger partial charge < -0.3 is 9.47 Å². The second kappa shape index (κ2) is 10.8. The Morgan fingerprint density at radius 1 is 0.946 bits per heavy atom. The first-order valence-corrected chi connectivity index (χ1v) is 12.1. The van der Waals surface area contributed by atoms with Gasteiger partial charge in [0.2, 0.25) is 5.75 Å². The number of benzene rings is 3. The fourth-order valence-electron chi connectivity index (χ4n) is 3.39. The average molecular weight is 586 g/mol. The van der Waals surface area contributed by atoms with Gasteiger partial charge in [0.1, 0.15) is 0 Å². The first-order valence-electron chi connectivity index (χ1n) is 10.4. The van der Waals surface area contributed by atoms with Crippen LogP contribution >= 0.6 is 27.7 Å². The van der Waals surface area contributed by atoms with Crippen molar-refractivity contribution in [2.45, 2.75) is 6.54 Å². The highest BCUT2D eigenvalue weighted by atomic mass is 79.9. The quantitative estimate of drug-likeness (QED) is 0.169. The summed E-state index contributed by atoms with van der Waals surface area (Å²) in [5, 5.41) is 22.0. The van der Waals surface area contributed by atoms with Gasteiger partial charge in [0.05, 0.1) is 34.5 Å². The Morgan fingerprint density at radius 3 is 2.30 bits per heavy atom. The van der Waals surface area contributed by atoms with Gasteiger partial charge in [-0.2, -0.15) is 0 Å². The molecule has 0 spiro atoms. The highest BCUT2D eigenvalue weighted by molar-refractivity contribution is 9.10. The van der Waals surface area contributed by atoms with Gasteiger partial charge >= 0.3 is 5.69 Å². The molecule has 1 heterocycles. The van der Waals surface area contributed by atoms with Crippen molar-refractivity contribution >= 4 is 56.3 Å². The summed E-state index contributed by atoms with van der Waals surface area (Å²) >= 11 is 4.16. The minimum absolute atomic E-state index is 0.111. The number of non-ortho nitro benzene ring substituents is 1. The number of rotatable bonds is 8. The highest BCUT2D eigenvalue weighted by Crippen LogP contribution is 2.39. The van der Waals surface area contributed by atoms with Crippen LogP contribution in [0.1, 0.15) is 11.1 Å². The van der Waals surface area contributed by atoms with E-state index in [0.717, 1.165) is 44.9 Å². The van der Waals surface area contributed by atoms with E-state index in [-0.39, 0.29) is 28.7 Å². The molecule has 0 unspecified atom stereocenters. The Hall–Kier alpha value is -4.23. The second-order valence-electron chi connectivity index (χ2n) is 7.57. The fraction of sp³-hybridized carbons (Fsp3) is 0.0833. The van der Waals surface area contributed by atoms with E-state index in [1.165, 1.54) is 25.3 Å². The minimum Gasteiger partial charge on any atom is -0.493 e. The lowest BCUT2D eigenvalue weighted by atomic mass is 10.1. The van der Waals surface area contributed by atoms with E-state index >= 15 is 0 Å². The molecule has 188 valence electrons. The van der Waals surface area contributed by atoms with Crippen molar-refractivity contribution in [3.63, 3.8) is 0 Å². The van der Waals surface area contributed by atoms with Gasteiger partial charge in [-0.25, -0.2) is 0 Å². The molecule has 0 N–H and O–H groups in total. The molecule has 0 radical (unpaired) electrons. The molecule has 0 bridgehead atoms. The minimum atomic E-state index is -0.784. The number of amides is 2. The monoisotopic (exact) mass is 585 g/mol. The standard InChI is InChI=1S/C24H16BrN3O8S/c1-35-21-10-15(4-8-20(21)36-19-9-7-17(27(31)32)12-18(19)28(33)34)11-22-23(29)26(24(30)37-22)13-14-2-5-16(25)6-3-14/h2-12H,13H2,1H3/b22-11+. The number of ether oxygens (including phenoxy) is 2. The molecule has 0 saturated carbocycles. The molecule has 0 aromatic heterocycles. The number of nitro groups is 2. The lowest BCUT2D eigenvalue weighted by Gasteiger charge is -2.12.